The third-order valence-electron chi connectivity index (χ3n) is 3.02. The van der Waals surface area contributed by atoms with E-state index in [1.165, 1.54) is 7.11 Å². The molecule has 6 heteroatoms. The molecule has 0 unspecified atom stereocenters. The van der Waals surface area contributed by atoms with Crippen molar-refractivity contribution in [2.24, 2.45) is 5.73 Å². The van der Waals surface area contributed by atoms with Gasteiger partial charge in [0.1, 0.15) is 0 Å². The Morgan fingerprint density at radius 3 is 2.57 bits per heavy atom. The largest absolute Gasteiger partial charge is 0.493 e. The molecule has 0 bridgehead atoms. The van der Waals surface area contributed by atoms with Gasteiger partial charge in [0, 0.05) is 6.54 Å². The van der Waals surface area contributed by atoms with E-state index < -0.39 is 0 Å². The van der Waals surface area contributed by atoms with Gasteiger partial charge in [-0.25, -0.2) is 0 Å². The number of para-hydroxylation sites is 1. The number of carbonyl (C=O) groups excluding carboxylic acids is 1. The van der Waals surface area contributed by atoms with Crippen LogP contribution in [0.1, 0.15) is 23.2 Å². The molecular formula is C15H25N3O3. The van der Waals surface area contributed by atoms with Crippen molar-refractivity contribution in [2.75, 3.05) is 40.4 Å². The summed E-state index contributed by atoms with van der Waals surface area (Å²) in [5.41, 5.74) is 5.89. The van der Waals surface area contributed by atoms with Crippen LogP contribution in [0, 0.1) is 0 Å². The Balaban J connectivity index is 2.42. The van der Waals surface area contributed by atoms with E-state index in [0.717, 1.165) is 25.9 Å². The number of ether oxygens (including phenoxy) is 2. The third kappa shape index (κ3) is 5.61. The van der Waals surface area contributed by atoms with Crippen LogP contribution in [0.5, 0.6) is 11.5 Å². The maximum Gasteiger partial charge on any atom is 0.255 e. The molecule has 0 radical (unpaired) electrons. The highest BCUT2D eigenvalue weighted by molar-refractivity contribution is 5.97. The van der Waals surface area contributed by atoms with Crippen molar-refractivity contribution >= 4 is 5.91 Å². The molecule has 0 saturated heterocycles. The molecule has 118 valence electrons. The van der Waals surface area contributed by atoms with Gasteiger partial charge >= 0.3 is 0 Å². The maximum absolute atomic E-state index is 12.1. The Bertz CT molecular complexity index is 438. The van der Waals surface area contributed by atoms with Gasteiger partial charge in [0.25, 0.3) is 5.91 Å². The van der Waals surface area contributed by atoms with E-state index in [9.17, 15) is 4.79 Å². The molecule has 0 fully saturated rings. The molecule has 21 heavy (non-hydrogen) atoms. The van der Waals surface area contributed by atoms with Gasteiger partial charge in [0.2, 0.25) is 0 Å². The molecule has 0 aromatic heterocycles. The number of nitrogens with one attached hydrogen (secondary N) is 2. The average Bonchev–Trinajstić information content (AvgIpc) is 2.52. The van der Waals surface area contributed by atoms with Crippen molar-refractivity contribution < 1.29 is 14.3 Å². The number of methoxy groups -OCH3 is 2. The number of nitrogens with two attached hydrogens (primary N) is 1. The fraction of sp³-hybridized carbons (Fsp3) is 0.533. The van der Waals surface area contributed by atoms with Crippen molar-refractivity contribution in [3.8, 4) is 11.5 Å². The molecule has 0 spiro atoms. The van der Waals surface area contributed by atoms with Crippen LogP contribution in [-0.4, -0.2) is 46.3 Å². The SMILES string of the molecule is COc1cccc(C(=O)NCCCNCCCN)c1OC. The first kappa shape index (κ1) is 17.3. The van der Waals surface area contributed by atoms with E-state index in [1.807, 2.05) is 0 Å². The highest BCUT2D eigenvalue weighted by Crippen LogP contribution is 2.30. The number of carbonyl (C=O) groups is 1. The zero-order valence-corrected chi connectivity index (χ0v) is 12.8. The molecule has 1 rings (SSSR count). The van der Waals surface area contributed by atoms with Gasteiger partial charge in [-0.15, -0.1) is 0 Å². The maximum atomic E-state index is 12.1. The normalized spacial score (nSPS) is 10.2. The number of hydrogen-bond donors (Lipinski definition) is 3. The Hall–Kier alpha value is -1.79. The zero-order valence-electron chi connectivity index (χ0n) is 12.8. The fourth-order valence-electron chi connectivity index (χ4n) is 1.93. The zero-order chi connectivity index (χ0) is 15.5. The van der Waals surface area contributed by atoms with Crippen molar-refractivity contribution in [2.45, 2.75) is 12.8 Å². The molecule has 1 amide bonds. The minimum Gasteiger partial charge on any atom is -0.493 e. The van der Waals surface area contributed by atoms with E-state index in [1.54, 1.807) is 25.3 Å². The van der Waals surface area contributed by atoms with Gasteiger partial charge in [-0.1, -0.05) is 6.07 Å². The summed E-state index contributed by atoms with van der Waals surface area (Å²) < 4.78 is 10.4. The monoisotopic (exact) mass is 295 g/mol. The molecule has 0 atom stereocenters. The Labute approximate surface area is 126 Å². The van der Waals surface area contributed by atoms with E-state index in [0.29, 0.717) is 30.2 Å². The number of rotatable bonds is 10. The summed E-state index contributed by atoms with van der Waals surface area (Å²) in [7, 11) is 3.07. The minimum atomic E-state index is -0.160. The van der Waals surface area contributed by atoms with Crippen LogP contribution in [0.2, 0.25) is 0 Å². The summed E-state index contributed by atoms with van der Waals surface area (Å²) in [5.74, 6) is 0.847. The van der Waals surface area contributed by atoms with Crippen LogP contribution >= 0.6 is 0 Å². The van der Waals surface area contributed by atoms with Crippen molar-refractivity contribution in [1.82, 2.24) is 10.6 Å². The molecule has 0 aliphatic carbocycles. The summed E-state index contributed by atoms with van der Waals surface area (Å²) in [5, 5.41) is 6.14. The molecule has 1 aromatic carbocycles. The molecule has 6 nitrogen and oxygen atoms in total. The van der Waals surface area contributed by atoms with E-state index in [2.05, 4.69) is 10.6 Å². The van der Waals surface area contributed by atoms with Crippen molar-refractivity contribution in [1.29, 1.82) is 0 Å². The molecule has 0 saturated carbocycles. The number of hydrogen-bond acceptors (Lipinski definition) is 5. The summed E-state index contributed by atoms with van der Waals surface area (Å²) in [4.78, 5) is 12.1. The summed E-state index contributed by atoms with van der Waals surface area (Å²) in [6.07, 6.45) is 1.83. The predicted octanol–water partition coefficient (Wildman–Crippen LogP) is 0.762. The quantitative estimate of drug-likeness (QED) is 0.555. The van der Waals surface area contributed by atoms with Gasteiger partial charge in [0.15, 0.2) is 11.5 Å². The van der Waals surface area contributed by atoms with Crippen LogP contribution < -0.4 is 25.8 Å². The minimum absolute atomic E-state index is 0.160. The topological polar surface area (TPSA) is 85.6 Å². The lowest BCUT2D eigenvalue weighted by Gasteiger charge is -2.12. The molecule has 0 aliphatic heterocycles. The van der Waals surface area contributed by atoms with Gasteiger partial charge in [-0.3, -0.25) is 4.79 Å². The smallest absolute Gasteiger partial charge is 0.255 e. The first-order chi connectivity index (χ1) is 10.2. The highest BCUT2D eigenvalue weighted by Gasteiger charge is 2.15. The Morgan fingerprint density at radius 1 is 1.14 bits per heavy atom. The van der Waals surface area contributed by atoms with Gasteiger partial charge < -0.3 is 25.8 Å². The van der Waals surface area contributed by atoms with Crippen LogP contribution in [0.25, 0.3) is 0 Å². The van der Waals surface area contributed by atoms with Gasteiger partial charge in [-0.05, 0) is 44.6 Å². The molecule has 1 aromatic rings. The second-order valence-corrected chi connectivity index (χ2v) is 4.54. The molecular weight excluding hydrogens is 270 g/mol. The number of amides is 1. The van der Waals surface area contributed by atoms with Crippen LogP contribution in [0.4, 0.5) is 0 Å². The number of benzene rings is 1. The third-order valence-corrected chi connectivity index (χ3v) is 3.02. The molecule has 0 heterocycles. The first-order valence-electron chi connectivity index (χ1n) is 7.14. The summed E-state index contributed by atoms with van der Waals surface area (Å²) in [6, 6.07) is 5.25. The van der Waals surface area contributed by atoms with Gasteiger partial charge in [0.05, 0.1) is 19.8 Å². The van der Waals surface area contributed by atoms with Crippen molar-refractivity contribution in [3.63, 3.8) is 0 Å². The highest BCUT2D eigenvalue weighted by atomic mass is 16.5. The van der Waals surface area contributed by atoms with Crippen LogP contribution in [0.3, 0.4) is 0 Å². The van der Waals surface area contributed by atoms with Crippen molar-refractivity contribution in [3.05, 3.63) is 23.8 Å². The summed E-state index contributed by atoms with van der Waals surface area (Å²) >= 11 is 0. The second kappa shape index (κ2) is 10.0. The lowest BCUT2D eigenvalue weighted by molar-refractivity contribution is 0.0949. The Morgan fingerprint density at radius 2 is 1.90 bits per heavy atom. The first-order valence-corrected chi connectivity index (χ1v) is 7.14. The van der Waals surface area contributed by atoms with Crippen LogP contribution in [0.15, 0.2) is 18.2 Å². The van der Waals surface area contributed by atoms with Gasteiger partial charge in [-0.2, -0.15) is 0 Å². The lowest BCUT2D eigenvalue weighted by atomic mass is 10.1. The lowest BCUT2D eigenvalue weighted by Crippen LogP contribution is -2.28. The predicted molar refractivity (Wildman–Crippen MR) is 83.0 cm³/mol. The second-order valence-electron chi connectivity index (χ2n) is 4.54. The molecule has 0 aliphatic rings. The molecule has 4 N–H and O–H groups in total. The van der Waals surface area contributed by atoms with E-state index in [-0.39, 0.29) is 5.91 Å². The average molecular weight is 295 g/mol. The van der Waals surface area contributed by atoms with E-state index in [4.69, 9.17) is 15.2 Å². The van der Waals surface area contributed by atoms with E-state index >= 15 is 0 Å². The Kier molecular flexibility index (Phi) is 8.23. The van der Waals surface area contributed by atoms with Crippen LogP contribution in [-0.2, 0) is 0 Å². The fourth-order valence-corrected chi connectivity index (χ4v) is 1.93. The summed E-state index contributed by atoms with van der Waals surface area (Å²) in [6.45, 7) is 3.07. The standard InChI is InChI=1S/C15H25N3O3/c1-20-13-7-3-6-12(14(13)21-2)15(19)18-11-5-10-17-9-4-8-16/h3,6-7,17H,4-5,8-11,16H2,1-2H3,(H,18,19).